The van der Waals surface area contributed by atoms with Crippen molar-refractivity contribution >= 4 is 29.0 Å². The second-order valence-corrected chi connectivity index (χ2v) is 4.21. The fourth-order valence-electron chi connectivity index (χ4n) is 1.58. The van der Waals surface area contributed by atoms with Gasteiger partial charge in [0.1, 0.15) is 0 Å². The SMILES string of the molecule is NC(=O)CCNC(=O)C1(C(N)=S)CCC1. The van der Waals surface area contributed by atoms with Crippen molar-refractivity contribution in [2.45, 2.75) is 25.7 Å². The largest absolute Gasteiger partial charge is 0.392 e. The van der Waals surface area contributed by atoms with Crippen molar-refractivity contribution in [3.05, 3.63) is 0 Å². The molecule has 5 N–H and O–H groups in total. The average Bonchev–Trinajstić information content (AvgIpc) is 1.99. The molecule has 0 aliphatic heterocycles. The number of nitrogens with one attached hydrogen (secondary N) is 1. The second kappa shape index (κ2) is 4.57. The highest BCUT2D eigenvalue weighted by Crippen LogP contribution is 2.41. The number of carbonyl (C=O) groups is 2. The minimum atomic E-state index is -0.674. The first-order valence-corrected chi connectivity index (χ1v) is 5.26. The molecule has 5 nitrogen and oxygen atoms in total. The molecule has 2 amide bonds. The predicted octanol–water partition coefficient (Wildman–Crippen LogP) is -0.566. The van der Waals surface area contributed by atoms with Gasteiger partial charge < -0.3 is 16.8 Å². The summed E-state index contributed by atoms with van der Waals surface area (Å²) in [6.45, 7) is 0.249. The molecule has 0 bridgehead atoms. The third kappa shape index (κ3) is 2.44. The summed E-state index contributed by atoms with van der Waals surface area (Å²) >= 11 is 4.88. The number of carbonyl (C=O) groups excluding carboxylic acids is 2. The molecule has 1 saturated carbocycles. The van der Waals surface area contributed by atoms with E-state index in [4.69, 9.17) is 23.7 Å². The molecule has 0 heterocycles. The maximum atomic E-state index is 11.7. The molecule has 1 rings (SSSR count). The number of rotatable bonds is 5. The van der Waals surface area contributed by atoms with Crippen LogP contribution in [0.15, 0.2) is 0 Å². The Kier molecular flexibility index (Phi) is 3.62. The van der Waals surface area contributed by atoms with Crippen LogP contribution in [-0.4, -0.2) is 23.3 Å². The molecular formula is C9H15N3O2S. The van der Waals surface area contributed by atoms with Crippen molar-refractivity contribution in [2.24, 2.45) is 16.9 Å². The Morgan fingerprint density at radius 3 is 2.27 bits per heavy atom. The monoisotopic (exact) mass is 229 g/mol. The van der Waals surface area contributed by atoms with E-state index in [1.807, 2.05) is 0 Å². The Balaban J connectivity index is 2.45. The summed E-state index contributed by atoms with van der Waals surface area (Å²) in [7, 11) is 0. The summed E-state index contributed by atoms with van der Waals surface area (Å²) in [5, 5.41) is 2.63. The van der Waals surface area contributed by atoms with E-state index < -0.39 is 11.3 Å². The summed E-state index contributed by atoms with van der Waals surface area (Å²) in [5.41, 5.74) is 9.82. The molecule has 0 unspecified atom stereocenters. The van der Waals surface area contributed by atoms with Crippen molar-refractivity contribution < 1.29 is 9.59 Å². The van der Waals surface area contributed by atoms with Gasteiger partial charge in [0.05, 0.1) is 10.4 Å². The molecule has 1 aliphatic carbocycles. The molecule has 6 heteroatoms. The third-order valence-electron chi connectivity index (χ3n) is 2.77. The standard InChI is InChI=1S/C9H15N3O2S/c10-6(13)2-5-12-8(14)9(7(11)15)3-1-4-9/h1-5H2,(H2,10,13)(H2,11,15)(H,12,14). The smallest absolute Gasteiger partial charge is 0.233 e. The first kappa shape index (κ1) is 11.9. The highest BCUT2D eigenvalue weighted by molar-refractivity contribution is 7.80. The van der Waals surface area contributed by atoms with E-state index in [0.717, 1.165) is 6.42 Å². The highest BCUT2D eigenvalue weighted by atomic mass is 32.1. The molecule has 1 fully saturated rings. The van der Waals surface area contributed by atoms with Crippen LogP contribution in [0.25, 0.3) is 0 Å². The molecule has 0 saturated heterocycles. The lowest BCUT2D eigenvalue weighted by atomic mass is 9.68. The first-order valence-electron chi connectivity index (χ1n) is 4.85. The Morgan fingerprint density at radius 2 is 1.93 bits per heavy atom. The molecule has 84 valence electrons. The first-order chi connectivity index (χ1) is 6.99. The summed E-state index contributed by atoms with van der Waals surface area (Å²) in [6.07, 6.45) is 2.50. The Morgan fingerprint density at radius 1 is 1.33 bits per heavy atom. The minimum Gasteiger partial charge on any atom is -0.392 e. The summed E-state index contributed by atoms with van der Waals surface area (Å²) in [5.74, 6) is -0.615. The van der Waals surface area contributed by atoms with Crippen molar-refractivity contribution in [3.63, 3.8) is 0 Å². The average molecular weight is 229 g/mol. The summed E-state index contributed by atoms with van der Waals surface area (Å²) < 4.78 is 0. The predicted molar refractivity (Wildman–Crippen MR) is 59.9 cm³/mol. The van der Waals surface area contributed by atoms with Crippen LogP contribution in [0, 0.1) is 5.41 Å². The van der Waals surface area contributed by atoms with E-state index in [9.17, 15) is 9.59 Å². The van der Waals surface area contributed by atoms with Gasteiger partial charge in [0.25, 0.3) is 0 Å². The van der Waals surface area contributed by atoms with Crippen LogP contribution in [0.2, 0.25) is 0 Å². The lowest BCUT2D eigenvalue weighted by Gasteiger charge is -2.39. The highest BCUT2D eigenvalue weighted by Gasteiger charge is 2.46. The number of hydrogen-bond donors (Lipinski definition) is 3. The van der Waals surface area contributed by atoms with Gasteiger partial charge in [-0.3, -0.25) is 9.59 Å². The Hall–Kier alpha value is -1.17. The molecule has 0 atom stereocenters. The van der Waals surface area contributed by atoms with E-state index >= 15 is 0 Å². The Labute approximate surface area is 93.6 Å². The normalized spacial score (nSPS) is 17.6. The zero-order valence-electron chi connectivity index (χ0n) is 8.41. The van der Waals surface area contributed by atoms with Crippen molar-refractivity contribution in [2.75, 3.05) is 6.54 Å². The van der Waals surface area contributed by atoms with Crippen LogP contribution >= 0.6 is 12.2 Å². The molecule has 0 radical (unpaired) electrons. The van der Waals surface area contributed by atoms with E-state index in [2.05, 4.69) is 5.32 Å². The van der Waals surface area contributed by atoms with Crippen LogP contribution < -0.4 is 16.8 Å². The van der Waals surface area contributed by atoms with Gasteiger partial charge >= 0.3 is 0 Å². The molecule has 0 spiro atoms. The van der Waals surface area contributed by atoms with Crippen LogP contribution in [0.5, 0.6) is 0 Å². The van der Waals surface area contributed by atoms with Gasteiger partial charge in [0.2, 0.25) is 11.8 Å². The van der Waals surface area contributed by atoms with Crippen molar-refractivity contribution in [1.82, 2.24) is 5.32 Å². The van der Waals surface area contributed by atoms with Crippen LogP contribution in [0.1, 0.15) is 25.7 Å². The van der Waals surface area contributed by atoms with E-state index in [1.165, 1.54) is 0 Å². The van der Waals surface area contributed by atoms with Crippen LogP contribution in [0.4, 0.5) is 0 Å². The molecule has 0 aromatic heterocycles. The second-order valence-electron chi connectivity index (χ2n) is 3.77. The van der Waals surface area contributed by atoms with E-state index in [-0.39, 0.29) is 23.9 Å². The van der Waals surface area contributed by atoms with Gasteiger partial charge in [-0.15, -0.1) is 0 Å². The van der Waals surface area contributed by atoms with Gasteiger partial charge in [-0.25, -0.2) is 0 Å². The number of hydrogen-bond acceptors (Lipinski definition) is 3. The third-order valence-corrected chi connectivity index (χ3v) is 3.16. The maximum Gasteiger partial charge on any atom is 0.233 e. The van der Waals surface area contributed by atoms with Gasteiger partial charge in [0.15, 0.2) is 0 Å². The zero-order chi connectivity index (χ0) is 11.5. The number of nitrogens with two attached hydrogens (primary N) is 2. The number of amides is 2. The minimum absolute atomic E-state index is 0.138. The molecule has 0 aromatic rings. The number of primary amides is 1. The molecular weight excluding hydrogens is 214 g/mol. The fraction of sp³-hybridized carbons (Fsp3) is 0.667. The molecule has 15 heavy (non-hydrogen) atoms. The van der Waals surface area contributed by atoms with Crippen LogP contribution in [-0.2, 0) is 9.59 Å². The lowest BCUT2D eigenvalue weighted by Crippen LogP contribution is -2.53. The van der Waals surface area contributed by atoms with Crippen molar-refractivity contribution in [1.29, 1.82) is 0 Å². The number of thiocarbonyl (C=S) groups is 1. The van der Waals surface area contributed by atoms with Gasteiger partial charge in [-0.1, -0.05) is 18.6 Å². The molecule has 0 aromatic carbocycles. The van der Waals surface area contributed by atoms with Crippen molar-refractivity contribution in [3.8, 4) is 0 Å². The van der Waals surface area contributed by atoms with Crippen LogP contribution in [0.3, 0.4) is 0 Å². The summed E-state index contributed by atoms with van der Waals surface area (Å²) in [6, 6.07) is 0. The van der Waals surface area contributed by atoms with Gasteiger partial charge in [-0.05, 0) is 12.8 Å². The maximum absolute atomic E-state index is 11.7. The van der Waals surface area contributed by atoms with E-state index in [0.29, 0.717) is 12.8 Å². The van der Waals surface area contributed by atoms with Gasteiger partial charge in [0, 0.05) is 13.0 Å². The van der Waals surface area contributed by atoms with E-state index in [1.54, 1.807) is 0 Å². The van der Waals surface area contributed by atoms with Gasteiger partial charge in [-0.2, -0.15) is 0 Å². The summed E-state index contributed by atoms with van der Waals surface area (Å²) in [4.78, 5) is 22.4. The zero-order valence-corrected chi connectivity index (χ0v) is 9.23. The quantitative estimate of drug-likeness (QED) is 0.550. The lowest BCUT2D eigenvalue weighted by molar-refractivity contribution is -0.130. The Bertz CT molecular complexity index is 300. The topological polar surface area (TPSA) is 98.2 Å². The molecule has 1 aliphatic rings. The fourth-order valence-corrected chi connectivity index (χ4v) is 1.88.